The van der Waals surface area contributed by atoms with E-state index in [0.29, 0.717) is 12.5 Å². The lowest BCUT2D eigenvalue weighted by atomic mass is 9.86. The Bertz CT molecular complexity index is 1030. The number of carbonyl (C=O) groups is 3. The monoisotopic (exact) mass is 482 g/mol. The molecule has 0 saturated carbocycles. The van der Waals surface area contributed by atoms with Crippen LogP contribution in [0.5, 0.6) is 0 Å². The summed E-state index contributed by atoms with van der Waals surface area (Å²) in [6.45, 7) is 3.91. The van der Waals surface area contributed by atoms with Gasteiger partial charge in [-0.25, -0.2) is 4.79 Å². The molecule has 3 fully saturated rings. The van der Waals surface area contributed by atoms with E-state index in [1.165, 1.54) is 11.1 Å². The molecule has 0 aromatic heterocycles. The zero-order valence-electron chi connectivity index (χ0n) is 19.7. The Morgan fingerprint density at radius 1 is 0.886 bits per heavy atom. The Hall–Kier alpha value is -3.39. The molecule has 2 aromatic rings. The Kier molecular flexibility index (Phi) is 8.02. The molecule has 0 unspecified atom stereocenters. The molecule has 8 nitrogen and oxygen atoms in total. The third-order valence-electron chi connectivity index (χ3n) is 7.03. The summed E-state index contributed by atoms with van der Waals surface area (Å²) in [5.41, 5.74) is 3.70. The third kappa shape index (κ3) is 6.19. The minimum Gasteiger partial charge on any atom is -0.481 e. The number of benzene rings is 2. The van der Waals surface area contributed by atoms with Crippen LogP contribution in [-0.4, -0.2) is 70.3 Å². The molecule has 0 aliphatic carbocycles. The molecule has 35 heavy (non-hydrogen) atoms. The highest BCUT2D eigenvalue weighted by Gasteiger charge is 2.39. The van der Waals surface area contributed by atoms with E-state index in [2.05, 4.69) is 41.3 Å². The molecular weight excluding hydrogens is 448 g/mol. The quantitative estimate of drug-likeness (QED) is 0.662. The van der Waals surface area contributed by atoms with Crippen LogP contribution in [0.2, 0.25) is 0 Å². The molecule has 4 aliphatic heterocycles. The van der Waals surface area contributed by atoms with E-state index in [-0.39, 0.29) is 32.5 Å². The van der Waals surface area contributed by atoms with Gasteiger partial charge in [-0.05, 0) is 55.0 Å². The van der Waals surface area contributed by atoms with Crippen LogP contribution >= 0.6 is 0 Å². The number of nitrogens with zero attached hydrogens (tertiary/aromatic N) is 2. The van der Waals surface area contributed by atoms with Crippen LogP contribution in [0.1, 0.15) is 49.8 Å². The van der Waals surface area contributed by atoms with E-state index < -0.39 is 11.9 Å². The summed E-state index contributed by atoms with van der Waals surface area (Å²) in [6.07, 6.45) is 2.50. The SMILES string of the molecule is O=C(O)CCC(=O)O.O=C(O[C@H]1CN2CCC1CC2)N1CCc2ccccc2[C@@H]1c1ccccc1.[HH]. The molecule has 2 N–H and O–H groups in total. The second kappa shape index (κ2) is 11.4. The number of ether oxygens (including phenoxy) is 1. The minimum absolute atomic E-state index is 0. The first-order valence-corrected chi connectivity index (χ1v) is 12.2. The van der Waals surface area contributed by atoms with Crippen molar-refractivity contribution < 1.29 is 30.8 Å². The molecular formula is C27H34N2O6. The number of carbonyl (C=O) groups excluding carboxylic acids is 1. The summed E-state index contributed by atoms with van der Waals surface area (Å²) < 4.78 is 6.08. The number of carboxylic acids is 2. The number of rotatable bonds is 5. The van der Waals surface area contributed by atoms with Gasteiger partial charge in [-0.1, -0.05) is 54.6 Å². The van der Waals surface area contributed by atoms with Crippen molar-refractivity contribution in [2.24, 2.45) is 5.92 Å². The van der Waals surface area contributed by atoms with Gasteiger partial charge in [0.15, 0.2) is 0 Å². The molecule has 1 amide bonds. The highest BCUT2D eigenvalue weighted by atomic mass is 16.6. The van der Waals surface area contributed by atoms with E-state index in [4.69, 9.17) is 14.9 Å². The molecule has 8 heteroatoms. The second-order valence-corrected chi connectivity index (χ2v) is 9.30. The van der Waals surface area contributed by atoms with Crippen molar-refractivity contribution in [1.82, 2.24) is 9.80 Å². The van der Waals surface area contributed by atoms with E-state index >= 15 is 0 Å². The van der Waals surface area contributed by atoms with Crippen LogP contribution in [0.25, 0.3) is 0 Å². The molecule has 2 bridgehead atoms. The van der Waals surface area contributed by atoms with Gasteiger partial charge in [0.2, 0.25) is 0 Å². The number of aliphatic carboxylic acids is 2. The fourth-order valence-corrected chi connectivity index (χ4v) is 5.21. The van der Waals surface area contributed by atoms with Gasteiger partial charge < -0.3 is 14.9 Å². The van der Waals surface area contributed by atoms with Crippen LogP contribution in [0, 0.1) is 5.92 Å². The number of hydrogen-bond acceptors (Lipinski definition) is 5. The maximum atomic E-state index is 13.2. The van der Waals surface area contributed by atoms with Gasteiger partial charge in [-0.2, -0.15) is 0 Å². The number of amides is 1. The van der Waals surface area contributed by atoms with Crippen molar-refractivity contribution in [3.8, 4) is 0 Å². The largest absolute Gasteiger partial charge is 0.481 e. The lowest BCUT2D eigenvalue weighted by Gasteiger charge is -2.45. The summed E-state index contributed by atoms with van der Waals surface area (Å²) in [5.74, 6) is -1.62. The van der Waals surface area contributed by atoms with Gasteiger partial charge in [-0.3, -0.25) is 19.4 Å². The predicted octanol–water partition coefficient (Wildman–Crippen LogP) is 4.05. The number of piperidine rings is 3. The van der Waals surface area contributed by atoms with Crippen LogP contribution in [0.3, 0.4) is 0 Å². The molecule has 4 aliphatic rings. The van der Waals surface area contributed by atoms with Crippen molar-refractivity contribution in [3.63, 3.8) is 0 Å². The maximum absolute atomic E-state index is 13.2. The first kappa shape index (κ1) is 24.7. The van der Waals surface area contributed by atoms with E-state index in [0.717, 1.165) is 44.5 Å². The highest BCUT2D eigenvalue weighted by Crippen LogP contribution is 2.36. The van der Waals surface area contributed by atoms with E-state index in [1.807, 2.05) is 23.1 Å². The lowest BCUT2D eigenvalue weighted by Crippen LogP contribution is -2.53. The zero-order chi connectivity index (χ0) is 24.8. The van der Waals surface area contributed by atoms with E-state index in [9.17, 15) is 14.4 Å². The van der Waals surface area contributed by atoms with Crippen molar-refractivity contribution >= 4 is 18.0 Å². The predicted molar refractivity (Wildman–Crippen MR) is 131 cm³/mol. The van der Waals surface area contributed by atoms with Crippen LogP contribution < -0.4 is 0 Å². The molecule has 4 heterocycles. The first-order valence-electron chi connectivity index (χ1n) is 12.2. The van der Waals surface area contributed by atoms with Gasteiger partial charge in [-0.15, -0.1) is 0 Å². The fourth-order valence-electron chi connectivity index (χ4n) is 5.21. The maximum Gasteiger partial charge on any atom is 0.410 e. The molecule has 6 rings (SSSR count). The third-order valence-corrected chi connectivity index (χ3v) is 7.03. The van der Waals surface area contributed by atoms with Gasteiger partial charge in [0.25, 0.3) is 0 Å². The van der Waals surface area contributed by atoms with Crippen molar-refractivity contribution in [2.45, 2.75) is 44.2 Å². The van der Waals surface area contributed by atoms with Gasteiger partial charge in [0.05, 0.1) is 18.9 Å². The smallest absolute Gasteiger partial charge is 0.410 e. The summed E-state index contributed by atoms with van der Waals surface area (Å²) in [7, 11) is 0. The van der Waals surface area contributed by atoms with Crippen LogP contribution in [0.4, 0.5) is 4.79 Å². The van der Waals surface area contributed by atoms with Crippen LogP contribution in [0.15, 0.2) is 54.6 Å². The standard InChI is InChI=1S/C23H26N2O2.C4H6O4.H2/c26-23(27-21-16-24-13-10-18(21)11-14-24)25-15-12-17-6-4-5-9-20(17)22(25)19-7-2-1-3-8-19;5-3(6)1-2-4(7)8;/h1-9,18,21-22H,10-16H2;1-2H2,(H,5,6)(H,7,8);1H/t21-,22-;;/m0../s1. The Balaban J connectivity index is 0.000000351. The topological polar surface area (TPSA) is 107 Å². The van der Waals surface area contributed by atoms with Crippen LogP contribution in [-0.2, 0) is 20.7 Å². The van der Waals surface area contributed by atoms with Gasteiger partial charge in [0, 0.05) is 14.5 Å². The fraction of sp³-hybridized carbons (Fsp3) is 0.444. The number of hydrogen-bond donors (Lipinski definition) is 2. The molecule has 0 spiro atoms. The summed E-state index contributed by atoms with van der Waals surface area (Å²) in [5, 5.41) is 15.8. The first-order chi connectivity index (χ1) is 16.9. The zero-order valence-corrected chi connectivity index (χ0v) is 19.7. The average molecular weight is 483 g/mol. The Morgan fingerprint density at radius 3 is 2.11 bits per heavy atom. The van der Waals surface area contributed by atoms with E-state index in [1.54, 1.807) is 0 Å². The minimum atomic E-state index is -1.08. The lowest BCUT2D eigenvalue weighted by molar-refractivity contribution is -0.143. The molecule has 0 radical (unpaired) electrons. The average Bonchev–Trinajstić information content (AvgIpc) is 2.88. The summed E-state index contributed by atoms with van der Waals surface area (Å²) >= 11 is 0. The molecule has 2 atom stereocenters. The molecule has 188 valence electrons. The highest BCUT2D eigenvalue weighted by molar-refractivity contribution is 5.75. The summed E-state index contributed by atoms with van der Waals surface area (Å²) in [6, 6.07) is 18.8. The number of carboxylic acid groups (broad SMARTS) is 2. The van der Waals surface area contributed by atoms with Crippen molar-refractivity contribution in [3.05, 3.63) is 71.3 Å². The second-order valence-electron chi connectivity index (χ2n) is 9.30. The Labute approximate surface area is 206 Å². The number of fused-ring (bicyclic) bond motifs is 4. The molecule has 2 aromatic carbocycles. The van der Waals surface area contributed by atoms with Gasteiger partial charge >= 0.3 is 18.0 Å². The molecule has 3 saturated heterocycles. The van der Waals surface area contributed by atoms with Crippen molar-refractivity contribution in [1.29, 1.82) is 0 Å². The van der Waals surface area contributed by atoms with Gasteiger partial charge in [0.1, 0.15) is 6.10 Å². The Morgan fingerprint density at radius 2 is 1.51 bits per heavy atom. The normalized spacial score (nSPS) is 24.5. The summed E-state index contributed by atoms with van der Waals surface area (Å²) in [4.78, 5) is 36.9. The van der Waals surface area contributed by atoms with Crippen molar-refractivity contribution in [2.75, 3.05) is 26.2 Å².